The summed E-state index contributed by atoms with van der Waals surface area (Å²) in [6, 6.07) is 0. The van der Waals surface area contributed by atoms with Gasteiger partial charge < -0.3 is 10.2 Å². The third-order valence-electron chi connectivity index (χ3n) is 5.05. The van der Waals surface area contributed by atoms with Crippen LogP contribution >= 0.6 is 0 Å². The first-order valence-corrected chi connectivity index (χ1v) is 6.86. The molecule has 0 aliphatic heterocycles. The van der Waals surface area contributed by atoms with Crippen LogP contribution in [0.3, 0.4) is 0 Å². The van der Waals surface area contributed by atoms with Crippen LogP contribution in [0, 0.1) is 17.3 Å². The molecule has 0 spiro atoms. The molecular formula is C15H24O3. The number of carbonyl (C=O) groups excluding carboxylic acids is 1. The number of hydrogen-bond acceptors (Lipinski definition) is 3. The van der Waals surface area contributed by atoms with Crippen LogP contribution in [0.4, 0.5) is 0 Å². The van der Waals surface area contributed by atoms with E-state index >= 15 is 0 Å². The van der Waals surface area contributed by atoms with Crippen molar-refractivity contribution in [3.05, 3.63) is 11.1 Å². The zero-order valence-corrected chi connectivity index (χ0v) is 11.7. The number of ketones is 1. The largest absolute Gasteiger partial charge is 0.389 e. The first-order chi connectivity index (χ1) is 8.26. The standard InChI is InChI=1S/C15H24O3/c1-8-5-6-11(16)14(18)10-7-12(17)9(2)13(8)15(10,3)4/h8,10,12,14,17-18H,5-7H2,1-4H3/t8-,10?,12+,14+/m1/s1. The Hall–Kier alpha value is -0.670. The molecule has 0 aromatic carbocycles. The van der Waals surface area contributed by atoms with E-state index in [0.29, 0.717) is 18.8 Å². The van der Waals surface area contributed by atoms with Gasteiger partial charge >= 0.3 is 0 Å². The fourth-order valence-corrected chi connectivity index (χ4v) is 4.02. The van der Waals surface area contributed by atoms with Crippen LogP contribution in [0.25, 0.3) is 0 Å². The Bertz CT molecular complexity index is 395. The summed E-state index contributed by atoms with van der Waals surface area (Å²) in [7, 11) is 0. The predicted molar refractivity (Wildman–Crippen MR) is 70.0 cm³/mol. The summed E-state index contributed by atoms with van der Waals surface area (Å²) in [4.78, 5) is 11.9. The van der Waals surface area contributed by atoms with Crippen LogP contribution in [-0.4, -0.2) is 28.2 Å². The number of hydrogen-bond donors (Lipinski definition) is 2. The average Bonchev–Trinajstić information content (AvgIpc) is 2.28. The van der Waals surface area contributed by atoms with Gasteiger partial charge in [-0.3, -0.25) is 4.79 Å². The second-order valence-electron chi connectivity index (χ2n) is 6.53. The molecule has 18 heavy (non-hydrogen) atoms. The van der Waals surface area contributed by atoms with Crippen molar-refractivity contribution in [2.45, 2.75) is 59.2 Å². The van der Waals surface area contributed by atoms with Crippen molar-refractivity contribution in [3.63, 3.8) is 0 Å². The summed E-state index contributed by atoms with van der Waals surface area (Å²) in [6.07, 6.45) is 0.265. The molecule has 4 atom stereocenters. The summed E-state index contributed by atoms with van der Waals surface area (Å²) in [5, 5.41) is 20.4. The summed E-state index contributed by atoms with van der Waals surface area (Å²) in [5.74, 6) is 0.0704. The predicted octanol–water partition coefficient (Wildman–Crippen LogP) is 2.07. The molecule has 2 N–H and O–H groups in total. The number of fused-ring (bicyclic) bond motifs is 2. The SMILES string of the molecule is CC1=C2[C@H](C)CCC(=O)[C@@H](O)C(C[C@@H]1O)C2(C)C. The maximum Gasteiger partial charge on any atom is 0.161 e. The summed E-state index contributed by atoms with van der Waals surface area (Å²) < 4.78 is 0. The van der Waals surface area contributed by atoms with Gasteiger partial charge in [-0.25, -0.2) is 0 Å². The van der Waals surface area contributed by atoms with Crippen molar-refractivity contribution in [2.24, 2.45) is 17.3 Å². The van der Waals surface area contributed by atoms with Gasteiger partial charge in [-0.1, -0.05) is 26.3 Å². The molecule has 2 bridgehead atoms. The van der Waals surface area contributed by atoms with Gasteiger partial charge in [-0.2, -0.15) is 0 Å². The van der Waals surface area contributed by atoms with E-state index in [-0.39, 0.29) is 17.1 Å². The number of aliphatic hydroxyl groups is 2. The fourth-order valence-electron chi connectivity index (χ4n) is 4.02. The van der Waals surface area contributed by atoms with Crippen molar-refractivity contribution >= 4 is 5.78 Å². The molecule has 1 saturated carbocycles. The minimum Gasteiger partial charge on any atom is -0.389 e. The molecule has 3 nitrogen and oxygen atoms in total. The zero-order chi connectivity index (χ0) is 13.7. The molecule has 3 heteroatoms. The van der Waals surface area contributed by atoms with Crippen molar-refractivity contribution in [1.82, 2.24) is 0 Å². The van der Waals surface area contributed by atoms with Crippen LogP contribution in [0.5, 0.6) is 0 Å². The van der Waals surface area contributed by atoms with Crippen LogP contribution in [0.15, 0.2) is 11.1 Å². The molecule has 2 aliphatic carbocycles. The fraction of sp³-hybridized carbons (Fsp3) is 0.800. The Morgan fingerprint density at radius 1 is 1.28 bits per heavy atom. The van der Waals surface area contributed by atoms with E-state index in [9.17, 15) is 15.0 Å². The van der Waals surface area contributed by atoms with E-state index in [0.717, 1.165) is 12.0 Å². The van der Waals surface area contributed by atoms with Gasteiger partial charge in [0.1, 0.15) is 6.10 Å². The molecule has 1 unspecified atom stereocenters. The Kier molecular flexibility index (Phi) is 3.41. The third-order valence-corrected chi connectivity index (χ3v) is 5.05. The number of rotatable bonds is 0. The summed E-state index contributed by atoms with van der Waals surface area (Å²) in [5.41, 5.74) is 2.08. The van der Waals surface area contributed by atoms with Crippen LogP contribution in [0.1, 0.15) is 47.0 Å². The molecule has 1 fully saturated rings. The highest BCUT2D eigenvalue weighted by atomic mass is 16.3. The molecule has 0 amide bonds. The van der Waals surface area contributed by atoms with Crippen molar-refractivity contribution in [1.29, 1.82) is 0 Å². The van der Waals surface area contributed by atoms with E-state index in [4.69, 9.17) is 0 Å². The number of carbonyl (C=O) groups is 1. The van der Waals surface area contributed by atoms with Crippen LogP contribution < -0.4 is 0 Å². The second-order valence-corrected chi connectivity index (χ2v) is 6.53. The summed E-state index contributed by atoms with van der Waals surface area (Å²) in [6.45, 7) is 8.31. The van der Waals surface area contributed by atoms with Crippen LogP contribution in [-0.2, 0) is 4.79 Å². The van der Waals surface area contributed by atoms with Crippen molar-refractivity contribution < 1.29 is 15.0 Å². The maximum absolute atomic E-state index is 11.9. The highest BCUT2D eigenvalue weighted by molar-refractivity contribution is 5.83. The molecule has 0 radical (unpaired) electrons. The Morgan fingerprint density at radius 2 is 1.89 bits per heavy atom. The molecule has 0 saturated heterocycles. The molecule has 0 aromatic heterocycles. The van der Waals surface area contributed by atoms with Crippen LogP contribution in [0.2, 0.25) is 0 Å². The van der Waals surface area contributed by atoms with Crippen molar-refractivity contribution in [2.75, 3.05) is 0 Å². The summed E-state index contributed by atoms with van der Waals surface area (Å²) >= 11 is 0. The number of aliphatic hydroxyl groups excluding tert-OH is 2. The topological polar surface area (TPSA) is 57.5 Å². The first kappa shape index (κ1) is 13.8. The van der Waals surface area contributed by atoms with Gasteiger partial charge in [-0.15, -0.1) is 0 Å². The lowest BCUT2D eigenvalue weighted by atomic mass is 9.58. The maximum atomic E-state index is 11.9. The van der Waals surface area contributed by atoms with Gasteiger partial charge in [0.15, 0.2) is 5.78 Å². The minimum atomic E-state index is -0.926. The number of Topliss-reactive ketones (excluding diaryl/α,β-unsaturated/α-hetero) is 1. The third kappa shape index (κ3) is 1.94. The monoisotopic (exact) mass is 252 g/mol. The Morgan fingerprint density at radius 3 is 2.50 bits per heavy atom. The minimum absolute atomic E-state index is 0.0641. The van der Waals surface area contributed by atoms with E-state index in [1.807, 2.05) is 6.92 Å². The van der Waals surface area contributed by atoms with Gasteiger partial charge in [0.25, 0.3) is 0 Å². The lowest BCUT2D eigenvalue weighted by Gasteiger charge is -2.48. The van der Waals surface area contributed by atoms with Gasteiger partial charge in [0.2, 0.25) is 0 Å². The van der Waals surface area contributed by atoms with Gasteiger partial charge in [0.05, 0.1) is 6.10 Å². The number of allylic oxidation sites excluding steroid dienone is 1. The van der Waals surface area contributed by atoms with Crippen molar-refractivity contribution in [3.8, 4) is 0 Å². The lowest BCUT2D eigenvalue weighted by Crippen LogP contribution is -2.48. The van der Waals surface area contributed by atoms with E-state index < -0.39 is 12.2 Å². The highest BCUT2D eigenvalue weighted by Gasteiger charge is 2.48. The first-order valence-electron chi connectivity index (χ1n) is 6.86. The van der Waals surface area contributed by atoms with Gasteiger partial charge in [-0.05, 0) is 36.7 Å². The Balaban J connectivity index is 2.55. The average molecular weight is 252 g/mol. The van der Waals surface area contributed by atoms with E-state index in [1.54, 1.807) is 0 Å². The van der Waals surface area contributed by atoms with E-state index in [1.165, 1.54) is 5.57 Å². The van der Waals surface area contributed by atoms with E-state index in [2.05, 4.69) is 20.8 Å². The quantitative estimate of drug-likeness (QED) is 0.649. The normalized spacial score (nSPS) is 40.4. The molecule has 0 aromatic rings. The molecular weight excluding hydrogens is 228 g/mol. The molecule has 2 rings (SSSR count). The van der Waals surface area contributed by atoms with Gasteiger partial charge in [0, 0.05) is 12.3 Å². The zero-order valence-electron chi connectivity index (χ0n) is 11.7. The smallest absolute Gasteiger partial charge is 0.161 e. The molecule has 102 valence electrons. The highest BCUT2D eigenvalue weighted by Crippen LogP contribution is 2.51. The second kappa shape index (κ2) is 4.46. The molecule has 2 aliphatic rings. The lowest BCUT2D eigenvalue weighted by molar-refractivity contribution is -0.134. The Labute approximate surface area is 109 Å². The molecule has 0 heterocycles.